The minimum absolute atomic E-state index is 0.303. The van der Waals surface area contributed by atoms with Gasteiger partial charge in [-0.05, 0) is 13.0 Å². The van der Waals surface area contributed by atoms with Gasteiger partial charge >= 0.3 is 5.63 Å². The summed E-state index contributed by atoms with van der Waals surface area (Å²) in [5.41, 5.74) is 1.02. The molecule has 1 aromatic heterocycles. The molecule has 1 aromatic carbocycles. The summed E-state index contributed by atoms with van der Waals surface area (Å²) in [6.45, 7) is 2.08. The highest BCUT2D eigenvalue weighted by atomic mass is 16.4. The molecule has 0 aliphatic rings. The van der Waals surface area contributed by atoms with E-state index in [-0.39, 0.29) is 5.63 Å². The van der Waals surface area contributed by atoms with Crippen LogP contribution >= 0.6 is 0 Å². The molecule has 2 nitrogen and oxygen atoms in total. The van der Waals surface area contributed by atoms with Crippen molar-refractivity contribution in [2.45, 2.75) is 6.92 Å². The molecule has 0 saturated carbocycles. The van der Waals surface area contributed by atoms with Gasteiger partial charge in [0, 0.05) is 6.07 Å². The summed E-state index contributed by atoms with van der Waals surface area (Å²) in [5, 5.41) is 0. The van der Waals surface area contributed by atoms with Crippen LogP contribution in [0.1, 0.15) is 5.56 Å². The molecule has 0 aliphatic heterocycles. The summed E-state index contributed by atoms with van der Waals surface area (Å²) in [5.74, 6) is 0. The Labute approximate surface area is 82.8 Å². The fourth-order valence-corrected chi connectivity index (χ4v) is 0.859. The topological polar surface area (TPSA) is 30.2 Å². The van der Waals surface area contributed by atoms with Crippen LogP contribution in [0.25, 0.3) is 0 Å². The van der Waals surface area contributed by atoms with E-state index in [1.807, 2.05) is 18.2 Å². The highest BCUT2D eigenvalue weighted by Crippen LogP contribution is 1.92. The quantitative estimate of drug-likeness (QED) is 0.636. The zero-order valence-electron chi connectivity index (χ0n) is 8.01. The zero-order valence-corrected chi connectivity index (χ0v) is 8.01. The minimum atomic E-state index is -0.303. The molecule has 0 bridgehead atoms. The first-order chi connectivity index (χ1) is 6.79. The lowest BCUT2D eigenvalue weighted by Crippen LogP contribution is -1.90. The monoisotopic (exact) mass is 188 g/mol. The van der Waals surface area contributed by atoms with E-state index in [2.05, 4.69) is 23.5 Å². The third-order valence-electron chi connectivity index (χ3n) is 1.55. The number of hydrogen-bond donors (Lipinski definition) is 0. The van der Waals surface area contributed by atoms with Gasteiger partial charge < -0.3 is 4.42 Å². The first-order valence-corrected chi connectivity index (χ1v) is 4.34. The molecule has 0 saturated heterocycles. The third kappa shape index (κ3) is 4.26. The summed E-state index contributed by atoms with van der Waals surface area (Å²) in [4.78, 5) is 10.1. The van der Waals surface area contributed by atoms with Crippen LogP contribution in [0.3, 0.4) is 0 Å². The van der Waals surface area contributed by atoms with Crippen LogP contribution in [0, 0.1) is 6.92 Å². The maximum atomic E-state index is 10.1. The Balaban J connectivity index is 0.000000140. The lowest BCUT2D eigenvalue weighted by Gasteiger charge is -1.82. The molecule has 0 radical (unpaired) electrons. The molecule has 2 heteroatoms. The summed E-state index contributed by atoms with van der Waals surface area (Å²) in [6.07, 6.45) is 1.35. The molecule has 72 valence electrons. The molecule has 0 N–H and O–H groups in total. The second-order valence-electron chi connectivity index (χ2n) is 2.78. The van der Waals surface area contributed by atoms with Gasteiger partial charge in [0.05, 0.1) is 6.26 Å². The van der Waals surface area contributed by atoms with E-state index in [9.17, 15) is 4.79 Å². The Bertz CT molecular complexity index is 386. The Morgan fingerprint density at radius 2 is 1.57 bits per heavy atom. The Kier molecular flexibility index (Phi) is 4.21. The fourth-order valence-electron chi connectivity index (χ4n) is 0.859. The van der Waals surface area contributed by atoms with Crippen LogP contribution in [0.4, 0.5) is 0 Å². The van der Waals surface area contributed by atoms with Gasteiger partial charge in [0.25, 0.3) is 0 Å². The van der Waals surface area contributed by atoms with Crippen LogP contribution in [-0.2, 0) is 0 Å². The average Bonchev–Trinajstić information content (AvgIpc) is 2.21. The van der Waals surface area contributed by atoms with E-state index in [1.165, 1.54) is 17.9 Å². The number of benzene rings is 1. The lowest BCUT2D eigenvalue weighted by molar-refractivity contribution is 0.511. The van der Waals surface area contributed by atoms with Crippen molar-refractivity contribution < 1.29 is 4.42 Å². The van der Waals surface area contributed by atoms with E-state index in [0.29, 0.717) is 0 Å². The van der Waals surface area contributed by atoms with Gasteiger partial charge in [-0.1, -0.05) is 42.0 Å². The number of hydrogen-bond acceptors (Lipinski definition) is 2. The molecule has 0 atom stereocenters. The predicted octanol–water partition coefficient (Wildman–Crippen LogP) is 2.63. The number of aryl methyl sites for hydroxylation is 1. The minimum Gasteiger partial charge on any atom is -0.431 e. The molecule has 2 aromatic rings. The van der Waals surface area contributed by atoms with E-state index < -0.39 is 0 Å². The maximum absolute atomic E-state index is 10.1. The molecule has 14 heavy (non-hydrogen) atoms. The SMILES string of the molecule is Cc1ccccc1.O=c1cccco1. The van der Waals surface area contributed by atoms with Gasteiger partial charge in [-0.15, -0.1) is 0 Å². The molecule has 2 rings (SSSR count). The maximum Gasteiger partial charge on any atom is 0.335 e. The van der Waals surface area contributed by atoms with Crippen molar-refractivity contribution in [2.75, 3.05) is 0 Å². The highest BCUT2D eigenvalue weighted by molar-refractivity contribution is 5.11. The second kappa shape index (κ2) is 5.75. The van der Waals surface area contributed by atoms with E-state index in [0.717, 1.165) is 0 Å². The van der Waals surface area contributed by atoms with Crippen LogP contribution < -0.4 is 5.63 Å². The van der Waals surface area contributed by atoms with Gasteiger partial charge in [-0.25, -0.2) is 4.79 Å². The van der Waals surface area contributed by atoms with Gasteiger partial charge in [0.2, 0.25) is 0 Å². The average molecular weight is 188 g/mol. The first kappa shape index (κ1) is 10.3. The molecule has 0 spiro atoms. The van der Waals surface area contributed by atoms with Crippen molar-refractivity contribution in [3.05, 3.63) is 70.8 Å². The van der Waals surface area contributed by atoms with Gasteiger partial charge in [0.1, 0.15) is 0 Å². The Morgan fingerprint density at radius 3 is 1.86 bits per heavy atom. The van der Waals surface area contributed by atoms with Crippen molar-refractivity contribution in [1.82, 2.24) is 0 Å². The third-order valence-corrected chi connectivity index (χ3v) is 1.55. The van der Waals surface area contributed by atoms with E-state index in [1.54, 1.807) is 12.1 Å². The van der Waals surface area contributed by atoms with Gasteiger partial charge in [-0.2, -0.15) is 0 Å². The lowest BCUT2D eigenvalue weighted by atomic mass is 10.2. The van der Waals surface area contributed by atoms with Gasteiger partial charge in [-0.3, -0.25) is 0 Å². The normalized spacial score (nSPS) is 8.64. The highest BCUT2D eigenvalue weighted by Gasteiger charge is 1.73. The Morgan fingerprint density at radius 1 is 0.929 bits per heavy atom. The fraction of sp³-hybridized carbons (Fsp3) is 0.0833. The van der Waals surface area contributed by atoms with Gasteiger partial charge in [0.15, 0.2) is 0 Å². The van der Waals surface area contributed by atoms with Crippen molar-refractivity contribution in [3.63, 3.8) is 0 Å². The number of rotatable bonds is 0. The smallest absolute Gasteiger partial charge is 0.335 e. The summed E-state index contributed by atoms with van der Waals surface area (Å²) in [6, 6.07) is 14.9. The molecule has 0 aliphatic carbocycles. The molecular weight excluding hydrogens is 176 g/mol. The van der Waals surface area contributed by atoms with Crippen LogP contribution in [0.15, 0.2) is 64.0 Å². The van der Waals surface area contributed by atoms with E-state index >= 15 is 0 Å². The van der Waals surface area contributed by atoms with Crippen molar-refractivity contribution in [2.24, 2.45) is 0 Å². The molecule has 0 fully saturated rings. The van der Waals surface area contributed by atoms with Crippen LogP contribution in [-0.4, -0.2) is 0 Å². The molecule has 1 heterocycles. The summed E-state index contributed by atoms with van der Waals surface area (Å²) < 4.78 is 4.37. The van der Waals surface area contributed by atoms with Crippen molar-refractivity contribution in [3.8, 4) is 0 Å². The molecule has 0 amide bonds. The summed E-state index contributed by atoms with van der Waals surface area (Å²) >= 11 is 0. The van der Waals surface area contributed by atoms with Crippen molar-refractivity contribution in [1.29, 1.82) is 0 Å². The molecule has 0 unspecified atom stereocenters. The molecular formula is C12H12O2. The van der Waals surface area contributed by atoms with E-state index in [4.69, 9.17) is 0 Å². The van der Waals surface area contributed by atoms with Crippen molar-refractivity contribution >= 4 is 0 Å². The Hall–Kier alpha value is -1.83. The predicted molar refractivity (Wildman–Crippen MR) is 56.2 cm³/mol. The zero-order chi connectivity index (χ0) is 10.2. The van der Waals surface area contributed by atoms with Crippen LogP contribution in [0.5, 0.6) is 0 Å². The summed E-state index contributed by atoms with van der Waals surface area (Å²) in [7, 11) is 0. The van der Waals surface area contributed by atoms with Crippen LogP contribution in [0.2, 0.25) is 0 Å². The first-order valence-electron chi connectivity index (χ1n) is 4.34. The second-order valence-corrected chi connectivity index (χ2v) is 2.78. The standard InChI is InChI=1S/C7H8.C5H4O2/c1-7-5-3-2-4-6-7;6-5-3-1-2-4-7-5/h2-6H,1H3;1-4H. The largest absolute Gasteiger partial charge is 0.431 e.